The molecule has 0 saturated carbocycles. The van der Waals surface area contributed by atoms with E-state index in [1.807, 2.05) is 22.8 Å². The number of unbranched alkanes of at least 4 members (excludes halogenated alkanes) is 2. The van der Waals surface area contributed by atoms with E-state index in [0.29, 0.717) is 23.1 Å². The van der Waals surface area contributed by atoms with Crippen LogP contribution in [0.15, 0.2) is 42.5 Å². The van der Waals surface area contributed by atoms with E-state index < -0.39 is 0 Å². The lowest BCUT2D eigenvalue weighted by molar-refractivity contribution is 0.0600. The number of imidazole rings is 1. The number of carbonyl (C=O) groups excluding carboxylic acids is 1. The summed E-state index contributed by atoms with van der Waals surface area (Å²) in [5, 5.41) is 0. The van der Waals surface area contributed by atoms with Crippen molar-refractivity contribution in [2.75, 3.05) is 7.11 Å². The second-order valence-electron chi connectivity index (χ2n) is 6.37. The van der Waals surface area contributed by atoms with E-state index in [2.05, 4.69) is 11.9 Å². The maximum absolute atomic E-state index is 14.4. The number of aromatic nitrogens is 2. The van der Waals surface area contributed by atoms with Gasteiger partial charge in [-0.05, 0) is 36.2 Å². The first-order valence-electron chi connectivity index (χ1n) is 8.95. The fourth-order valence-corrected chi connectivity index (χ4v) is 3.13. The zero-order valence-corrected chi connectivity index (χ0v) is 15.2. The number of hydrogen-bond donors (Lipinski definition) is 0. The molecule has 0 saturated heterocycles. The SMILES string of the molecule is CCCCCc1nc2cccc(F)c2n1Cc1ccc(C(=O)OC)cc1. The van der Waals surface area contributed by atoms with E-state index in [9.17, 15) is 9.18 Å². The number of methoxy groups -OCH3 is 1. The van der Waals surface area contributed by atoms with Crippen LogP contribution in [-0.2, 0) is 17.7 Å². The molecule has 0 aliphatic heterocycles. The van der Waals surface area contributed by atoms with Gasteiger partial charge >= 0.3 is 5.97 Å². The van der Waals surface area contributed by atoms with Gasteiger partial charge in [0.15, 0.2) is 0 Å². The molecular weight excluding hydrogens is 331 g/mol. The van der Waals surface area contributed by atoms with Crippen LogP contribution in [0.25, 0.3) is 11.0 Å². The molecule has 26 heavy (non-hydrogen) atoms. The predicted molar refractivity (Wildman–Crippen MR) is 99.8 cm³/mol. The Morgan fingerprint density at radius 3 is 2.62 bits per heavy atom. The number of para-hydroxylation sites is 1. The van der Waals surface area contributed by atoms with Crippen molar-refractivity contribution in [3.05, 3.63) is 65.2 Å². The lowest BCUT2D eigenvalue weighted by atomic mass is 10.1. The minimum Gasteiger partial charge on any atom is -0.465 e. The van der Waals surface area contributed by atoms with E-state index in [-0.39, 0.29) is 11.8 Å². The number of hydrogen-bond acceptors (Lipinski definition) is 3. The number of ether oxygens (including phenoxy) is 1. The molecule has 0 aliphatic rings. The summed E-state index contributed by atoms with van der Waals surface area (Å²) in [5.41, 5.74) is 2.71. The summed E-state index contributed by atoms with van der Waals surface area (Å²) in [7, 11) is 1.36. The minimum absolute atomic E-state index is 0.261. The first-order chi connectivity index (χ1) is 12.6. The van der Waals surface area contributed by atoms with E-state index >= 15 is 0 Å². The van der Waals surface area contributed by atoms with Gasteiger partial charge in [-0.25, -0.2) is 14.2 Å². The van der Waals surface area contributed by atoms with Crippen molar-refractivity contribution < 1.29 is 13.9 Å². The van der Waals surface area contributed by atoms with Gasteiger partial charge in [-0.15, -0.1) is 0 Å². The maximum Gasteiger partial charge on any atom is 0.337 e. The Morgan fingerprint density at radius 2 is 1.92 bits per heavy atom. The fraction of sp³-hybridized carbons (Fsp3) is 0.333. The first kappa shape index (κ1) is 18.1. The summed E-state index contributed by atoms with van der Waals surface area (Å²) in [6.45, 7) is 2.67. The van der Waals surface area contributed by atoms with Gasteiger partial charge < -0.3 is 9.30 Å². The monoisotopic (exact) mass is 354 g/mol. The van der Waals surface area contributed by atoms with Crippen LogP contribution >= 0.6 is 0 Å². The van der Waals surface area contributed by atoms with Gasteiger partial charge in [0.05, 0.1) is 18.2 Å². The molecule has 0 bridgehead atoms. The highest BCUT2D eigenvalue weighted by Crippen LogP contribution is 2.22. The Balaban J connectivity index is 1.94. The zero-order chi connectivity index (χ0) is 18.5. The van der Waals surface area contributed by atoms with Gasteiger partial charge in [0.1, 0.15) is 17.2 Å². The van der Waals surface area contributed by atoms with Crippen molar-refractivity contribution in [3.8, 4) is 0 Å². The fourth-order valence-electron chi connectivity index (χ4n) is 3.13. The molecule has 4 nitrogen and oxygen atoms in total. The van der Waals surface area contributed by atoms with Crippen molar-refractivity contribution in [1.82, 2.24) is 9.55 Å². The van der Waals surface area contributed by atoms with E-state index in [1.165, 1.54) is 13.2 Å². The molecule has 0 spiro atoms. The first-order valence-corrected chi connectivity index (χ1v) is 8.95. The minimum atomic E-state index is -0.365. The Morgan fingerprint density at radius 1 is 1.15 bits per heavy atom. The van der Waals surface area contributed by atoms with Crippen LogP contribution in [0.5, 0.6) is 0 Å². The van der Waals surface area contributed by atoms with Gasteiger partial charge in [-0.3, -0.25) is 0 Å². The van der Waals surface area contributed by atoms with E-state index in [1.54, 1.807) is 18.2 Å². The number of nitrogens with zero attached hydrogens (tertiary/aromatic N) is 2. The molecule has 0 aliphatic carbocycles. The van der Waals surface area contributed by atoms with Gasteiger partial charge in [0, 0.05) is 13.0 Å². The molecule has 5 heteroatoms. The average molecular weight is 354 g/mol. The molecule has 0 fully saturated rings. The van der Waals surface area contributed by atoms with E-state index in [4.69, 9.17) is 4.74 Å². The number of halogens is 1. The van der Waals surface area contributed by atoms with Crippen molar-refractivity contribution >= 4 is 17.0 Å². The molecule has 0 radical (unpaired) electrons. The second-order valence-corrected chi connectivity index (χ2v) is 6.37. The number of esters is 1. The largest absolute Gasteiger partial charge is 0.465 e. The van der Waals surface area contributed by atoms with Crippen LogP contribution in [0, 0.1) is 5.82 Å². The van der Waals surface area contributed by atoms with Crippen molar-refractivity contribution in [2.45, 2.75) is 39.2 Å². The standard InChI is InChI=1S/C21H23FN2O2/c1-3-4-5-9-19-23-18-8-6-7-17(22)20(18)24(19)14-15-10-12-16(13-11-15)21(25)26-2/h6-8,10-13H,3-5,9,14H2,1-2H3. The predicted octanol–water partition coefficient (Wildman–Crippen LogP) is 4.74. The number of fused-ring (bicyclic) bond motifs is 1. The van der Waals surface area contributed by atoms with Crippen LogP contribution in [0.4, 0.5) is 4.39 Å². The highest BCUT2D eigenvalue weighted by Gasteiger charge is 2.15. The molecule has 0 N–H and O–H groups in total. The van der Waals surface area contributed by atoms with Crippen LogP contribution in [0.2, 0.25) is 0 Å². The smallest absolute Gasteiger partial charge is 0.337 e. The Hall–Kier alpha value is -2.69. The summed E-state index contributed by atoms with van der Waals surface area (Å²) in [4.78, 5) is 16.2. The van der Waals surface area contributed by atoms with Gasteiger partial charge in [-0.2, -0.15) is 0 Å². The molecule has 3 aromatic rings. The summed E-state index contributed by atoms with van der Waals surface area (Å²) < 4.78 is 21.1. The average Bonchev–Trinajstić information content (AvgIpc) is 3.00. The third-order valence-corrected chi connectivity index (χ3v) is 4.52. The van der Waals surface area contributed by atoms with Gasteiger partial charge in [-0.1, -0.05) is 38.0 Å². The third-order valence-electron chi connectivity index (χ3n) is 4.52. The number of rotatable bonds is 7. The molecule has 0 unspecified atom stereocenters. The van der Waals surface area contributed by atoms with Crippen LogP contribution in [0.3, 0.4) is 0 Å². The van der Waals surface area contributed by atoms with Crippen LogP contribution < -0.4 is 0 Å². The molecule has 3 rings (SSSR count). The van der Waals surface area contributed by atoms with Crippen molar-refractivity contribution in [1.29, 1.82) is 0 Å². The lowest BCUT2D eigenvalue weighted by Gasteiger charge is -2.10. The van der Waals surface area contributed by atoms with Crippen LogP contribution in [0.1, 0.15) is 47.9 Å². The summed E-state index contributed by atoms with van der Waals surface area (Å²) in [6, 6.07) is 12.2. The second kappa shape index (κ2) is 8.13. The van der Waals surface area contributed by atoms with Crippen molar-refractivity contribution in [2.24, 2.45) is 0 Å². The van der Waals surface area contributed by atoms with Gasteiger partial charge in [0.25, 0.3) is 0 Å². The normalized spacial score (nSPS) is 11.0. The van der Waals surface area contributed by atoms with Crippen LogP contribution in [-0.4, -0.2) is 22.6 Å². The van der Waals surface area contributed by atoms with Gasteiger partial charge in [0.2, 0.25) is 0 Å². The molecule has 1 heterocycles. The lowest BCUT2D eigenvalue weighted by Crippen LogP contribution is -2.07. The third kappa shape index (κ3) is 3.77. The molecule has 136 valence electrons. The quantitative estimate of drug-likeness (QED) is 0.454. The Bertz CT molecular complexity index is 900. The topological polar surface area (TPSA) is 44.1 Å². The molecule has 0 atom stereocenters. The molecule has 2 aromatic carbocycles. The Labute approximate surface area is 152 Å². The summed E-state index contributed by atoms with van der Waals surface area (Å²) >= 11 is 0. The van der Waals surface area contributed by atoms with E-state index in [0.717, 1.165) is 37.1 Å². The zero-order valence-electron chi connectivity index (χ0n) is 15.2. The van der Waals surface area contributed by atoms with Crippen molar-refractivity contribution in [3.63, 3.8) is 0 Å². The Kier molecular flexibility index (Phi) is 5.66. The highest BCUT2D eigenvalue weighted by atomic mass is 19.1. The summed E-state index contributed by atoms with van der Waals surface area (Å²) in [5.74, 6) is 0.273. The molecule has 1 aromatic heterocycles. The maximum atomic E-state index is 14.4. The number of carbonyl (C=O) groups is 1. The highest BCUT2D eigenvalue weighted by molar-refractivity contribution is 5.89. The summed E-state index contributed by atoms with van der Waals surface area (Å²) in [6.07, 6.45) is 4.11. The molecule has 0 amide bonds. The number of benzene rings is 2. The molecular formula is C21H23FN2O2. The number of aryl methyl sites for hydroxylation is 1.